The monoisotopic (exact) mass is 274 g/mol. The first-order valence-electron chi connectivity index (χ1n) is 5.79. The van der Waals surface area contributed by atoms with Gasteiger partial charge in [-0.1, -0.05) is 5.21 Å². The minimum absolute atomic E-state index is 0.0325. The molecule has 1 aromatic carbocycles. The third-order valence-corrected chi connectivity index (χ3v) is 2.64. The van der Waals surface area contributed by atoms with Gasteiger partial charge in [-0.25, -0.2) is 4.68 Å². The second-order valence-electron chi connectivity index (χ2n) is 4.08. The Morgan fingerprint density at radius 2 is 2.25 bits per heavy atom. The standard InChI is InChI=1S/C12H10N4O4/c17-6-9-4-16(15-14-9)5-12(18)13-8-1-2-10-11(3-8)20-7-19-10/h1-4,6H,5,7H2,(H,13,18). The predicted molar refractivity (Wildman–Crippen MR) is 66.6 cm³/mol. The minimum atomic E-state index is -0.286. The van der Waals surface area contributed by atoms with Gasteiger partial charge in [0.25, 0.3) is 0 Å². The zero-order valence-corrected chi connectivity index (χ0v) is 10.3. The van der Waals surface area contributed by atoms with Crippen LogP contribution in [-0.4, -0.2) is 34.0 Å². The Hall–Kier alpha value is -2.90. The average Bonchev–Trinajstić information content (AvgIpc) is 3.06. The van der Waals surface area contributed by atoms with Crippen molar-refractivity contribution in [3.8, 4) is 11.5 Å². The third kappa shape index (κ3) is 2.44. The SMILES string of the molecule is O=Cc1cn(CC(=O)Nc2ccc3c(c2)OCO3)nn1. The summed E-state index contributed by atoms with van der Waals surface area (Å²) in [6.45, 7) is 0.148. The maximum absolute atomic E-state index is 11.8. The van der Waals surface area contributed by atoms with Crippen LogP contribution in [-0.2, 0) is 11.3 Å². The van der Waals surface area contributed by atoms with Crippen molar-refractivity contribution in [1.29, 1.82) is 0 Å². The second kappa shape index (κ2) is 5.00. The van der Waals surface area contributed by atoms with Crippen LogP contribution in [0.1, 0.15) is 10.5 Å². The summed E-state index contributed by atoms with van der Waals surface area (Å²) in [5.41, 5.74) is 0.774. The van der Waals surface area contributed by atoms with Gasteiger partial charge < -0.3 is 14.8 Å². The molecule has 1 aliphatic rings. The lowest BCUT2D eigenvalue weighted by Crippen LogP contribution is -2.19. The van der Waals surface area contributed by atoms with Crippen molar-refractivity contribution in [2.75, 3.05) is 12.1 Å². The van der Waals surface area contributed by atoms with Crippen molar-refractivity contribution in [3.63, 3.8) is 0 Å². The van der Waals surface area contributed by atoms with E-state index in [0.717, 1.165) is 0 Å². The van der Waals surface area contributed by atoms with Crippen LogP contribution in [0.2, 0.25) is 0 Å². The van der Waals surface area contributed by atoms with E-state index in [2.05, 4.69) is 15.6 Å². The summed E-state index contributed by atoms with van der Waals surface area (Å²) < 4.78 is 11.7. The highest BCUT2D eigenvalue weighted by Crippen LogP contribution is 2.34. The zero-order valence-electron chi connectivity index (χ0n) is 10.3. The largest absolute Gasteiger partial charge is 0.454 e. The fourth-order valence-corrected chi connectivity index (χ4v) is 1.77. The lowest BCUT2D eigenvalue weighted by molar-refractivity contribution is -0.116. The van der Waals surface area contributed by atoms with Gasteiger partial charge in [-0.05, 0) is 12.1 Å². The van der Waals surface area contributed by atoms with Crippen molar-refractivity contribution in [1.82, 2.24) is 15.0 Å². The quantitative estimate of drug-likeness (QED) is 0.814. The molecule has 8 heteroatoms. The van der Waals surface area contributed by atoms with Crippen LogP contribution >= 0.6 is 0 Å². The van der Waals surface area contributed by atoms with Crippen LogP contribution in [0.4, 0.5) is 5.69 Å². The molecule has 1 aromatic heterocycles. The molecule has 102 valence electrons. The molecule has 0 spiro atoms. The fourth-order valence-electron chi connectivity index (χ4n) is 1.77. The van der Waals surface area contributed by atoms with Crippen LogP contribution in [0.25, 0.3) is 0 Å². The number of nitrogens with one attached hydrogen (secondary N) is 1. The maximum Gasteiger partial charge on any atom is 0.246 e. The summed E-state index contributed by atoms with van der Waals surface area (Å²) in [4.78, 5) is 22.3. The normalized spacial score (nSPS) is 12.2. The molecule has 0 saturated heterocycles. The van der Waals surface area contributed by atoms with E-state index in [1.807, 2.05) is 0 Å². The highest BCUT2D eigenvalue weighted by Gasteiger charge is 2.14. The van der Waals surface area contributed by atoms with Gasteiger partial charge in [-0.3, -0.25) is 9.59 Å². The van der Waals surface area contributed by atoms with Gasteiger partial charge in [-0.2, -0.15) is 0 Å². The van der Waals surface area contributed by atoms with Crippen LogP contribution in [0.3, 0.4) is 0 Å². The number of fused-ring (bicyclic) bond motifs is 1. The van der Waals surface area contributed by atoms with E-state index in [0.29, 0.717) is 23.5 Å². The van der Waals surface area contributed by atoms with Crippen molar-refractivity contribution >= 4 is 17.9 Å². The van der Waals surface area contributed by atoms with E-state index >= 15 is 0 Å². The third-order valence-electron chi connectivity index (χ3n) is 2.64. The molecule has 0 atom stereocenters. The Morgan fingerprint density at radius 1 is 1.40 bits per heavy atom. The first-order chi connectivity index (χ1) is 9.74. The van der Waals surface area contributed by atoms with Crippen LogP contribution in [0.5, 0.6) is 11.5 Å². The van der Waals surface area contributed by atoms with Crippen molar-refractivity contribution in [2.45, 2.75) is 6.54 Å². The van der Waals surface area contributed by atoms with Crippen molar-refractivity contribution in [2.24, 2.45) is 0 Å². The molecule has 0 fully saturated rings. The summed E-state index contributed by atoms with van der Waals surface area (Å²) in [7, 11) is 0. The average molecular weight is 274 g/mol. The zero-order chi connectivity index (χ0) is 13.9. The molecule has 2 heterocycles. The number of hydrogen-bond acceptors (Lipinski definition) is 6. The van der Waals surface area contributed by atoms with Gasteiger partial charge in [0.2, 0.25) is 12.7 Å². The molecule has 0 aliphatic carbocycles. The van der Waals surface area contributed by atoms with Crippen molar-refractivity contribution in [3.05, 3.63) is 30.1 Å². The molecule has 0 bridgehead atoms. The molecule has 8 nitrogen and oxygen atoms in total. The Labute approximate surface area is 113 Å². The number of hydrogen-bond donors (Lipinski definition) is 1. The number of aromatic nitrogens is 3. The second-order valence-corrected chi connectivity index (χ2v) is 4.08. The van der Waals surface area contributed by atoms with Gasteiger partial charge >= 0.3 is 0 Å². The number of anilines is 1. The topological polar surface area (TPSA) is 95.3 Å². The molecule has 3 rings (SSSR count). The lowest BCUT2D eigenvalue weighted by atomic mass is 10.3. The minimum Gasteiger partial charge on any atom is -0.454 e. The number of nitrogens with zero attached hydrogens (tertiary/aromatic N) is 3. The maximum atomic E-state index is 11.8. The first-order valence-corrected chi connectivity index (χ1v) is 5.79. The number of benzene rings is 1. The number of ether oxygens (including phenoxy) is 2. The number of aldehydes is 1. The lowest BCUT2D eigenvalue weighted by Gasteiger charge is -2.05. The van der Waals surface area contributed by atoms with E-state index in [4.69, 9.17) is 9.47 Å². The number of amides is 1. The summed E-state index contributed by atoms with van der Waals surface area (Å²) in [5, 5.41) is 9.92. The van der Waals surface area contributed by atoms with E-state index < -0.39 is 0 Å². The molecule has 1 N–H and O–H groups in total. The molecule has 1 amide bonds. The van der Waals surface area contributed by atoms with Crippen LogP contribution in [0.15, 0.2) is 24.4 Å². The Bertz CT molecular complexity index is 667. The van der Waals surface area contributed by atoms with E-state index in [9.17, 15) is 9.59 Å². The Kier molecular flexibility index (Phi) is 3.04. The Balaban J connectivity index is 1.65. The first kappa shape index (κ1) is 12.2. The van der Waals surface area contributed by atoms with E-state index in [1.54, 1.807) is 18.2 Å². The number of rotatable bonds is 4. The Morgan fingerprint density at radius 3 is 3.05 bits per heavy atom. The predicted octanol–water partition coefficient (Wildman–Crippen LogP) is 0.458. The van der Waals surface area contributed by atoms with Gasteiger partial charge in [0.15, 0.2) is 17.8 Å². The number of carbonyl (C=O) groups is 2. The molecule has 20 heavy (non-hydrogen) atoms. The van der Waals surface area contributed by atoms with Gasteiger partial charge in [0, 0.05) is 11.8 Å². The van der Waals surface area contributed by atoms with Gasteiger partial charge in [0.05, 0.1) is 6.20 Å². The summed E-state index contributed by atoms with van der Waals surface area (Å²) in [6, 6.07) is 5.11. The van der Waals surface area contributed by atoms with Gasteiger partial charge in [-0.15, -0.1) is 5.10 Å². The van der Waals surface area contributed by atoms with Gasteiger partial charge in [0.1, 0.15) is 12.2 Å². The molecule has 1 aliphatic heterocycles. The van der Waals surface area contributed by atoms with Crippen LogP contribution < -0.4 is 14.8 Å². The van der Waals surface area contributed by atoms with E-state index in [-0.39, 0.29) is 24.9 Å². The summed E-state index contributed by atoms with van der Waals surface area (Å²) in [5.74, 6) is 0.952. The highest BCUT2D eigenvalue weighted by molar-refractivity contribution is 5.91. The molecular formula is C12H10N4O4. The number of carbonyl (C=O) groups excluding carboxylic acids is 2. The fraction of sp³-hybridized carbons (Fsp3) is 0.167. The smallest absolute Gasteiger partial charge is 0.246 e. The molecule has 0 unspecified atom stereocenters. The molecule has 0 radical (unpaired) electrons. The molecule has 2 aromatic rings. The molecular weight excluding hydrogens is 264 g/mol. The highest BCUT2D eigenvalue weighted by atomic mass is 16.7. The van der Waals surface area contributed by atoms with Crippen LogP contribution in [0, 0.1) is 0 Å². The van der Waals surface area contributed by atoms with Crippen molar-refractivity contribution < 1.29 is 19.1 Å². The summed E-state index contributed by atoms with van der Waals surface area (Å²) >= 11 is 0. The molecule has 0 saturated carbocycles. The van der Waals surface area contributed by atoms with E-state index in [1.165, 1.54) is 10.9 Å². The summed E-state index contributed by atoms with van der Waals surface area (Å²) in [6.07, 6.45) is 1.96.